The molecule has 2 unspecified atom stereocenters. The minimum Gasteiger partial charge on any atom is -0.369 e. The van der Waals surface area contributed by atoms with Gasteiger partial charge in [0.05, 0.1) is 0 Å². The molecule has 1 heterocycles. The number of hydrogen-bond donors (Lipinski definition) is 1. The van der Waals surface area contributed by atoms with E-state index in [4.69, 9.17) is 17.3 Å². The number of halogens is 1. The zero-order valence-electron chi connectivity index (χ0n) is 13.5. The van der Waals surface area contributed by atoms with E-state index in [1.54, 1.807) is 0 Å². The normalized spacial score (nSPS) is 21.6. The van der Waals surface area contributed by atoms with Gasteiger partial charge >= 0.3 is 0 Å². The summed E-state index contributed by atoms with van der Waals surface area (Å²) in [5, 5.41) is 0.850. The van der Waals surface area contributed by atoms with E-state index in [1.165, 1.54) is 12.1 Å². The van der Waals surface area contributed by atoms with Crippen LogP contribution in [0.2, 0.25) is 5.02 Å². The Bertz CT molecular complexity index is 463. The maximum atomic E-state index is 6.46. The molecule has 0 radical (unpaired) electrons. The highest BCUT2D eigenvalue weighted by molar-refractivity contribution is 6.31. The molecule has 4 heteroatoms. The van der Waals surface area contributed by atoms with Crippen molar-refractivity contribution in [2.75, 3.05) is 31.6 Å². The number of rotatable bonds is 5. The average Bonchev–Trinajstić information content (AvgIpc) is 2.49. The maximum Gasteiger partial charge on any atom is 0.0459 e. The van der Waals surface area contributed by atoms with E-state index in [1.807, 2.05) is 0 Å². The fraction of sp³-hybridized carbons (Fsp3) is 0.647. The third-order valence-electron chi connectivity index (χ3n) is 4.66. The van der Waals surface area contributed by atoms with Gasteiger partial charge in [0.1, 0.15) is 0 Å². The van der Waals surface area contributed by atoms with Gasteiger partial charge < -0.3 is 10.6 Å². The van der Waals surface area contributed by atoms with Crippen molar-refractivity contribution in [3.05, 3.63) is 28.8 Å². The van der Waals surface area contributed by atoms with Crippen molar-refractivity contribution in [1.82, 2.24) is 4.90 Å². The van der Waals surface area contributed by atoms with Gasteiger partial charge in [-0.25, -0.2) is 0 Å². The number of nitrogens with two attached hydrogens (primary N) is 1. The second kappa shape index (κ2) is 7.48. The molecule has 0 aromatic heterocycles. The highest BCUT2D eigenvalue weighted by atomic mass is 35.5. The summed E-state index contributed by atoms with van der Waals surface area (Å²) in [4.78, 5) is 4.90. The Morgan fingerprint density at radius 1 is 1.33 bits per heavy atom. The molecule has 2 atom stereocenters. The summed E-state index contributed by atoms with van der Waals surface area (Å²) in [5.74, 6) is 0. The second-order valence-electron chi connectivity index (χ2n) is 6.14. The Morgan fingerprint density at radius 2 is 2.10 bits per heavy atom. The monoisotopic (exact) mass is 309 g/mol. The molecule has 0 spiro atoms. The maximum absolute atomic E-state index is 6.46. The molecule has 2 N–H and O–H groups in total. The first kappa shape index (κ1) is 16.6. The van der Waals surface area contributed by atoms with E-state index in [0.717, 1.165) is 43.1 Å². The second-order valence-corrected chi connectivity index (χ2v) is 6.54. The predicted molar refractivity (Wildman–Crippen MR) is 92.3 cm³/mol. The molecule has 0 amide bonds. The lowest BCUT2D eigenvalue weighted by Crippen LogP contribution is -2.51. The summed E-state index contributed by atoms with van der Waals surface area (Å²) in [6, 6.07) is 7.28. The number of likely N-dealkylation sites (N-methyl/N-ethyl adjacent to an activating group) is 1. The molecule has 2 rings (SSSR count). The predicted octanol–water partition coefficient (Wildman–Crippen LogP) is 3.15. The van der Waals surface area contributed by atoms with Crippen LogP contribution in [-0.2, 0) is 6.42 Å². The van der Waals surface area contributed by atoms with Gasteiger partial charge in [0.15, 0.2) is 0 Å². The fourth-order valence-electron chi connectivity index (χ4n) is 2.95. The van der Waals surface area contributed by atoms with Crippen LogP contribution in [0.15, 0.2) is 18.2 Å². The third-order valence-corrected chi connectivity index (χ3v) is 5.01. The topological polar surface area (TPSA) is 32.5 Å². The van der Waals surface area contributed by atoms with E-state index in [9.17, 15) is 0 Å². The van der Waals surface area contributed by atoms with Gasteiger partial charge in [-0.15, -0.1) is 0 Å². The minimum absolute atomic E-state index is 0.196. The third kappa shape index (κ3) is 4.12. The minimum atomic E-state index is 0.196. The zero-order valence-corrected chi connectivity index (χ0v) is 14.2. The van der Waals surface area contributed by atoms with Crippen molar-refractivity contribution in [1.29, 1.82) is 0 Å². The van der Waals surface area contributed by atoms with E-state index < -0.39 is 0 Å². The summed E-state index contributed by atoms with van der Waals surface area (Å²) in [5.41, 5.74) is 8.43. The first-order valence-corrected chi connectivity index (χ1v) is 8.42. The van der Waals surface area contributed by atoms with Crippen molar-refractivity contribution in [3.8, 4) is 0 Å². The number of benzene rings is 1. The summed E-state index contributed by atoms with van der Waals surface area (Å²) < 4.78 is 0. The molecule has 3 nitrogen and oxygen atoms in total. The summed E-state index contributed by atoms with van der Waals surface area (Å²) >= 11 is 6.46. The Morgan fingerprint density at radius 3 is 2.71 bits per heavy atom. The van der Waals surface area contributed by atoms with Crippen LogP contribution in [0.5, 0.6) is 0 Å². The lowest BCUT2D eigenvalue weighted by Gasteiger charge is -2.40. The van der Waals surface area contributed by atoms with Crippen LogP contribution in [0.3, 0.4) is 0 Å². The fourth-order valence-corrected chi connectivity index (χ4v) is 3.20. The molecule has 118 valence electrons. The summed E-state index contributed by atoms with van der Waals surface area (Å²) in [6.07, 6.45) is 3.02. The highest BCUT2D eigenvalue weighted by Gasteiger charge is 2.23. The van der Waals surface area contributed by atoms with Crippen LogP contribution in [0.1, 0.15) is 32.3 Å². The quantitative estimate of drug-likeness (QED) is 0.907. The number of piperazine rings is 1. The number of hydrogen-bond acceptors (Lipinski definition) is 3. The molecule has 1 fully saturated rings. The van der Waals surface area contributed by atoms with Crippen LogP contribution in [-0.4, -0.2) is 43.7 Å². The van der Waals surface area contributed by atoms with Gasteiger partial charge in [0.25, 0.3) is 0 Å². The summed E-state index contributed by atoms with van der Waals surface area (Å²) in [6.45, 7) is 7.63. The van der Waals surface area contributed by atoms with Crippen molar-refractivity contribution in [2.45, 2.75) is 45.2 Å². The first-order chi connectivity index (χ1) is 10.0. The summed E-state index contributed by atoms with van der Waals surface area (Å²) in [7, 11) is 2.22. The van der Waals surface area contributed by atoms with Gasteiger partial charge in [0.2, 0.25) is 0 Å². The molecule has 1 aromatic carbocycles. The number of anilines is 1. The van der Waals surface area contributed by atoms with E-state index >= 15 is 0 Å². The van der Waals surface area contributed by atoms with Crippen molar-refractivity contribution in [3.63, 3.8) is 0 Å². The van der Waals surface area contributed by atoms with Gasteiger partial charge in [0, 0.05) is 42.4 Å². The average molecular weight is 310 g/mol. The standard InChI is InChI=1S/C17H28ClN3/c1-4-14(19)10-13-6-7-16(11-17(13)18)21-9-8-20(3)15(5-2)12-21/h6-7,11,14-15H,4-5,8-10,12,19H2,1-3H3. The molecular weight excluding hydrogens is 282 g/mol. The van der Waals surface area contributed by atoms with Crippen LogP contribution in [0.4, 0.5) is 5.69 Å². The molecule has 0 saturated carbocycles. The van der Waals surface area contributed by atoms with Crippen LogP contribution < -0.4 is 10.6 Å². The van der Waals surface area contributed by atoms with Gasteiger partial charge in [-0.1, -0.05) is 31.5 Å². The van der Waals surface area contributed by atoms with Crippen molar-refractivity contribution < 1.29 is 0 Å². The van der Waals surface area contributed by atoms with Gasteiger partial charge in [-0.3, -0.25) is 4.90 Å². The largest absolute Gasteiger partial charge is 0.369 e. The smallest absolute Gasteiger partial charge is 0.0459 e. The lowest BCUT2D eigenvalue weighted by molar-refractivity contribution is 0.213. The molecule has 1 aliphatic heterocycles. The van der Waals surface area contributed by atoms with E-state index in [-0.39, 0.29) is 6.04 Å². The number of nitrogens with zero attached hydrogens (tertiary/aromatic N) is 2. The molecule has 1 saturated heterocycles. The molecule has 1 aliphatic rings. The van der Waals surface area contributed by atoms with Crippen molar-refractivity contribution in [2.24, 2.45) is 5.73 Å². The Balaban J connectivity index is 2.09. The Kier molecular flexibility index (Phi) is 5.91. The van der Waals surface area contributed by atoms with Crippen LogP contribution in [0.25, 0.3) is 0 Å². The molecule has 21 heavy (non-hydrogen) atoms. The molecular formula is C17H28ClN3. The van der Waals surface area contributed by atoms with E-state index in [2.05, 4.69) is 48.9 Å². The lowest BCUT2D eigenvalue weighted by atomic mass is 10.0. The molecule has 1 aromatic rings. The SMILES string of the molecule is CCC(N)Cc1ccc(N2CCN(C)C(CC)C2)cc1Cl. The van der Waals surface area contributed by atoms with Crippen LogP contribution >= 0.6 is 11.6 Å². The van der Waals surface area contributed by atoms with E-state index in [0.29, 0.717) is 6.04 Å². The van der Waals surface area contributed by atoms with Crippen LogP contribution in [0, 0.1) is 0 Å². The molecule has 0 aliphatic carbocycles. The highest BCUT2D eigenvalue weighted by Crippen LogP contribution is 2.26. The Labute approximate surface area is 134 Å². The Hall–Kier alpha value is -0.770. The molecule has 0 bridgehead atoms. The zero-order chi connectivity index (χ0) is 15.4. The van der Waals surface area contributed by atoms with Gasteiger partial charge in [-0.2, -0.15) is 0 Å². The van der Waals surface area contributed by atoms with Gasteiger partial charge in [-0.05, 0) is 44.0 Å². The first-order valence-electron chi connectivity index (χ1n) is 8.04. The van der Waals surface area contributed by atoms with Crippen molar-refractivity contribution >= 4 is 17.3 Å².